The van der Waals surface area contributed by atoms with Crippen LogP contribution >= 0.6 is 23.2 Å². The van der Waals surface area contributed by atoms with Crippen LogP contribution in [0.15, 0.2) is 17.0 Å². The van der Waals surface area contributed by atoms with E-state index in [1.165, 1.54) is 18.6 Å². The third kappa shape index (κ3) is 4.03. The molecule has 2 atom stereocenters. The third-order valence-electron chi connectivity index (χ3n) is 3.99. The molecule has 1 aliphatic rings. The highest BCUT2D eigenvalue weighted by atomic mass is 35.5. The largest absolute Gasteiger partial charge is 0.398 e. The van der Waals surface area contributed by atoms with E-state index in [4.69, 9.17) is 28.9 Å². The second-order valence-corrected chi connectivity index (χ2v) is 8.06. The summed E-state index contributed by atoms with van der Waals surface area (Å²) >= 11 is 11.8. The highest BCUT2D eigenvalue weighted by Gasteiger charge is 2.28. The number of halogens is 2. The van der Waals surface area contributed by atoms with Crippen molar-refractivity contribution in [2.45, 2.75) is 50.0 Å². The van der Waals surface area contributed by atoms with E-state index < -0.39 is 10.0 Å². The van der Waals surface area contributed by atoms with Gasteiger partial charge in [0, 0.05) is 11.1 Å². The van der Waals surface area contributed by atoms with Gasteiger partial charge < -0.3 is 5.73 Å². The maximum absolute atomic E-state index is 12.5. The average molecular weight is 351 g/mol. The lowest BCUT2D eigenvalue weighted by atomic mass is 9.85. The molecule has 7 heteroatoms. The smallest absolute Gasteiger partial charge is 0.244 e. The molecule has 2 unspecified atom stereocenters. The molecule has 4 nitrogen and oxygen atoms in total. The summed E-state index contributed by atoms with van der Waals surface area (Å²) in [6, 6.07) is 2.74. The third-order valence-corrected chi connectivity index (χ3v) is 6.25. The number of hydrogen-bond acceptors (Lipinski definition) is 3. The van der Waals surface area contributed by atoms with Crippen molar-refractivity contribution in [1.82, 2.24) is 4.72 Å². The summed E-state index contributed by atoms with van der Waals surface area (Å²) in [5.41, 5.74) is 5.85. The van der Waals surface area contributed by atoms with Gasteiger partial charge in [0.1, 0.15) is 4.90 Å². The van der Waals surface area contributed by atoms with Gasteiger partial charge in [-0.25, -0.2) is 13.1 Å². The summed E-state index contributed by atoms with van der Waals surface area (Å²) < 4.78 is 27.8. The molecule has 0 saturated heterocycles. The Morgan fingerprint density at radius 2 is 2.05 bits per heavy atom. The van der Waals surface area contributed by atoms with Crippen molar-refractivity contribution >= 4 is 38.9 Å². The van der Waals surface area contributed by atoms with Gasteiger partial charge in [0.15, 0.2) is 0 Å². The van der Waals surface area contributed by atoms with Crippen molar-refractivity contribution in [3.63, 3.8) is 0 Å². The second-order valence-electron chi connectivity index (χ2n) is 5.57. The van der Waals surface area contributed by atoms with Gasteiger partial charge in [0.25, 0.3) is 0 Å². The lowest BCUT2D eigenvalue weighted by Gasteiger charge is -2.29. The minimum Gasteiger partial charge on any atom is -0.398 e. The minimum atomic E-state index is -3.74. The standard InChI is InChI=1S/C14H20Cl2N2O2S/c1-2-9-4-3-5-11(6-9)18-21(19,20)14-12(16)7-10(15)8-13(14)17/h7-9,11,18H,2-6,17H2,1H3. The van der Waals surface area contributed by atoms with E-state index >= 15 is 0 Å². The van der Waals surface area contributed by atoms with Gasteiger partial charge in [0.05, 0.1) is 10.7 Å². The number of nitrogen functional groups attached to an aromatic ring is 1. The Bertz CT molecular complexity index is 596. The first-order valence-electron chi connectivity index (χ1n) is 7.10. The number of nitrogens with two attached hydrogens (primary N) is 1. The van der Waals surface area contributed by atoms with Crippen LogP contribution in [0.1, 0.15) is 39.0 Å². The zero-order valence-corrected chi connectivity index (χ0v) is 14.2. The lowest BCUT2D eigenvalue weighted by molar-refractivity contribution is 0.301. The molecule has 0 heterocycles. The van der Waals surface area contributed by atoms with E-state index in [1.807, 2.05) is 0 Å². The van der Waals surface area contributed by atoms with E-state index in [0.29, 0.717) is 10.9 Å². The molecule has 1 aliphatic carbocycles. The van der Waals surface area contributed by atoms with Crippen molar-refractivity contribution in [2.24, 2.45) is 5.92 Å². The molecule has 118 valence electrons. The molecular formula is C14H20Cl2N2O2S. The van der Waals surface area contributed by atoms with Crippen LogP contribution in [0.3, 0.4) is 0 Å². The maximum Gasteiger partial charge on any atom is 0.244 e. The van der Waals surface area contributed by atoms with Gasteiger partial charge in [-0.05, 0) is 30.9 Å². The molecule has 1 saturated carbocycles. The summed E-state index contributed by atoms with van der Waals surface area (Å²) in [5.74, 6) is 0.574. The molecule has 1 aromatic carbocycles. The molecule has 0 radical (unpaired) electrons. The summed E-state index contributed by atoms with van der Waals surface area (Å²) in [7, 11) is -3.74. The Balaban J connectivity index is 2.23. The second kappa shape index (κ2) is 6.73. The highest BCUT2D eigenvalue weighted by molar-refractivity contribution is 7.89. The van der Waals surface area contributed by atoms with Gasteiger partial charge in [-0.3, -0.25) is 0 Å². The monoisotopic (exact) mass is 350 g/mol. The van der Waals surface area contributed by atoms with Crippen LogP contribution in [0.25, 0.3) is 0 Å². The van der Waals surface area contributed by atoms with Crippen LogP contribution in [0.4, 0.5) is 5.69 Å². The zero-order valence-electron chi connectivity index (χ0n) is 11.9. The Kier molecular flexibility index (Phi) is 5.41. The van der Waals surface area contributed by atoms with Crippen LogP contribution in [-0.4, -0.2) is 14.5 Å². The fourth-order valence-corrected chi connectivity index (χ4v) is 5.18. The summed E-state index contributed by atoms with van der Waals surface area (Å²) in [6.07, 6.45) is 4.98. The first kappa shape index (κ1) is 16.9. The van der Waals surface area contributed by atoms with E-state index in [1.54, 1.807) is 0 Å². The highest BCUT2D eigenvalue weighted by Crippen LogP contribution is 2.33. The van der Waals surface area contributed by atoms with Crippen LogP contribution in [0.2, 0.25) is 10.0 Å². The van der Waals surface area contributed by atoms with Crippen molar-refractivity contribution in [3.8, 4) is 0 Å². The van der Waals surface area contributed by atoms with Gasteiger partial charge in [0.2, 0.25) is 10.0 Å². The average Bonchev–Trinajstić information content (AvgIpc) is 2.36. The number of hydrogen-bond donors (Lipinski definition) is 2. The Morgan fingerprint density at radius 3 is 2.67 bits per heavy atom. The molecular weight excluding hydrogens is 331 g/mol. The first-order chi connectivity index (χ1) is 9.83. The molecule has 1 fully saturated rings. The number of benzene rings is 1. The van der Waals surface area contributed by atoms with Crippen molar-refractivity contribution in [2.75, 3.05) is 5.73 Å². The molecule has 1 aromatic rings. The van der Waals surface area contributed by atoms with Gasteiger partial charge in [-0.15, -0.1) is 0 Å². The van der Waals surface area contributed by atoms with Gasteiger partial charge in [-0.2, -0.15) is 0 Å². The summed E-state index contributed by atoms with van der Waals surface area (Å²) in [4.78, 5) is -0.0767. The Morgan fingerprint density at radius 1 is 1.33 bits per heavy atom. The van der Waals surface area contributed by atoms with Gasteiger partial charge >= 0.3 is 0 Å². The van der Waals surface area contributed by atoms with Crippen LogP contribution < -0.4 is 10.5 Å². The van der Waals surface area contributed by atoms with Crippen molar-refractivity contribution < 1.29 is 8.42 Å². The molecule has 0 amide bonds. The number of rotatable bonds is 4. The summed E-state index contributed by atoms with van der Waals surface area (Å²) in [5, 5.41) is 0.371. The maximum atomic E-state index is 12.5. The molecule has 2 rings (SSSR count). The molecule has 21 heavy (non-hydrogen) atoms. The number of nitrogens with one attached hydrogen (secondary N) is 1. The number of sulfonamides is 1. The quantitative estimate of drug-likeness (QED) is 0.810. The topological polar surface area (TPSA) is 72.2 Å². The molecule has 0 aromatic heterocycles. The van der Waals surface area contributed by atoms with Crippen molar-refractivity contribution in [3.05, 3.63) is 22.2 Å². The van der Waals surface area contributed by atoms with Crippen LogP contribution in [-0.2, 0) is 10.0 Å². The fraction of sp³-hybridized carbons (Fsp3) is 0.571. The zero-order chi connectivity index (χ0) is 15.6. The normalized spacial score (nSPS) is 23.2. The molecule has 0 aliphatic heterocycles. The lowest BCUT2D eigenvalue weighted by Crippen LogP contribution is -2.38. The van der Waals surface area contributed by atoms with Crippen LogP contribution in [0.5, 0.6) is 0 Å². The van der Waals surface area contributed by atoms with Gasteiger partial charge in [-0.1, -0.05) is 49.4 Å². The van der Waals surface area contributed by atoms with Crippen LogP contribution in [0, 0.1) is 5.92 Å². The Hall–Kier alpha value is -0.490. The van der Waals surface area contributed by atoms with Crippen molar-refractivity contribution in [1.29, 1.82) is 0 Å². The van der Waals surface area contributed by atoms with E-state index in [0.717, 1.165) is 25.7 Å². The predicted molar refractivity (Wildman–Crippen MR) is 87.2 cm³/mol. The Labute approximate surface area is 136 Å². The van der Waals surface area contributed by atoms with E-state index in [2.05, 4.69) is 11.6 Å². The molecule has 0 spiro atoms. The SMILES string of the molecule is CCC1CCCC(NS(=O)(=O)c2c(N)cc(Cl)cc2Cl)C1. The fourth-order valence-electron chi connectivity index (χ4n) is 2.91. The first-order valence-corrected chi connectivity index (χ1v) is 9.34. The van der Waals surface area contributed by atoms with E-state index in [-0.39, 0.29) is 21.6 Å². The predicted octanol–water partition coefficient (Wildman–Crippen LogP) is 3.82. The summed E-state index contributed by atoms with van der Waals surface area (Å²) in [6.45, 7) is 2.13. The molecule has 3 N–H and O–H groups in total. The molecule has 0 bridgehead atoms. The number of anilines is 1. The minimum absolute atomic E-state index is 0.0513. The van der Waals surface area contributed by atoms with E-state index in [9.17, 15) is 8.42 Å².